The third-order valence-corrected chi connectivity index (χ3v) is 6.49. The van der Waals surface area contributed by atoms with Crippen molar-refractivity contribution in [1.29, 1.82) is 0 Å². The molecule has 4 aromatic rings. The number of nitrogens with zero attached hydrogens (tertiary/aromatic N) is 2. The molecule has 0 N–H and O–H groups in total. The molecule has 2 saturated carbocycles. The van der Waals surface area contributed by atoms with E-state index >= 15 is 0 Å². The van der Waals surface area contributed by atoms with Crippen LogP contribution in [0.25, 0.3) is 33.3 Å². The smallest absolute Gasteiger partial charge is 0.180 e. The fourth-order valence-electron chi connectivity index (χ4n) is 5.28. The summed E-state index contributed by atoms with van der Waals surface area (Å²) in [5, 5.41) is 1.09. The molecular weight excluding hydrogens is 320 g/mol. The molecule has 3 nitrogen and oxygen atoms in total. The molecule has 2 aromatic heterocycles. The lowest BCUT2D eigenvalue weighted by molar-refractivity contribution is 0.420. The third kappa shape index (κ3) is 2.06. The van der Waals surface area contributed by atoms with Gasteiger partial charge in [0.15, 0.2) is 5.58 Å². The van der Waals surface area contributed by atoms with Gasteiger partial charge in [0.2, 0.25) is 0 Å². The zero-order chi connectivity index (χ0) is 17.1. The fourth-order valence-corrected chi connectivity index (χ4v) is 5.28. The van der Waals surface area contributed by atoms with Gasteiger partial charge in [-0.3, -0.25) is 0 Å². The highest BCUT2D eigenvalue weighted by Gasteiger charge is 2.40. The van der Waals surface area contributed by atoms with Gasteiger partial charge in [0.25, 0.3) is 0 Å². The Labute approximate surface area is 152 Å². The second-order valence-electron chi connectivity index (χ2n) is 7.91. The summed E-state index contributed by atoms with van der Waals surface area (Å²) in [5.41, 5.74) is 6.02. The Hall–Kier alpha value is -2.68. The molecule has 0 amide bonds. The van der Waals surface area contributed by atoms with Crippen molar-refractivity contribution in [2.24, 2.45) is 11.8 Å². The van der Waals surface area contributed by atoms with E-state index in [0.29, 0.717) is 5.92 Å². The summed E-state index contributed by atoms with van der Waals surface area (Å²) in [5.74, 6) is 2.54. The van der Waals surface area contributed by atoms with Crippen LogP contribution in [0.3, 0.4) is 0 Å². The molecule has 2 aliphatic carbocycles. The van der Waals surface area contributed by atoms with E-state index in [-0.39, 0.29) is 0 Å². The predicted molar refractivity (Wildman–Crippen MR) is 103 cm³/mol. The van der Waals surface area contributed by atoms with Crippen LogP contribution in [0.15, 0.2) is 59.3 Å². The third-order valence-electron chi connectivity index (χ3n) is 6.49. The highest BCUT2D eigenvalue weighted by atomic mass is 16.3. The first-order chi connectivity index (χ1) is 12.9. The van der Waals surface area contributed by atoms with Crippen LogP contribution in [0.4, 0.5) is 0 Å². The van der Waals surface area contributed by atoms with Crippen LogP contribution < -0.4 is 0 Å². The summed E-state index contributed by atoms with van der Waals surface area (Å²) in [6.07, 6.45) is 7.25. The molecule has 128 valence electrons. The molecule has 0 spiro atoms. The van der Waals surface area contributed by atoms with E-state index in [0.717, 1.165) is 45.2 Å². The van der Waals surface area contributed by atoms with Gasteiger partial charge in [-0.05, 0) is 54.7 Å². The minimum atomic E-state index is 0.714. The zero-order valence-electron chi connectivity index (χ0n) is 14.6. The maximum atomic E-state index is 6.29. The van der Waals surface area contributed by atoms with Gasteiger partial charge >= 0.3 is 0 Å². The predicted octanol–water partition coefficient (Wildman–Crippen LogP) is 5.95. The molecule has 26 heavy (non-hydrogen) atoms. The van der Waals surface area contributed by atoms with Crippen molar-refractivity contribution < 1.29 is 4.42 Å². The van der Waals surface area contributed by atoms with E-state index < -0.39 is 0 Å². The molecule has 0 radical (unpaired) electrons. The molecule has 2 bridgehead atoms. The van der Waals surface area contributed by atoms with Crippen molar-refractivity contribution in [3.63, 3.8) is 0 Å². The molecule has 2 heterocycles. The lowest BCUT2D eigenvalue weighted by Crippen LogP contribution is -2.08. The summed E-state index contributed by atoms with van der Waals surface area (Å²) in [7, 11) is 0. The summed E-state index contributed by atoms with van der Waals surface area (Å²) in [6, 6.07) is 17.0. The molecule has 0 saturated heterocycles. The van der Waals surface area contributed by atoms with Crippen LogP contribution in [0, 0.1) is 11.8 Å². The van der Waals surface area contributed by atoms with Gasteiger partial charge in [-0.1, -0.05) is 42.8 Å². The molecule has 2 aliphatic rings. The highest BCUT2D eigenvalue weighted by Crippen LogP contribution is 2.53. The first-order valence-electron chi connectivity index (χ1n) is 9.59. The topological polar surface area (TPSA) is 38.9 Å². The second-order valence-corrected chi connectivity index (χ2v) is 7.91. The number of furan rings is 1. The van der Waals surface area contributed by atoms with Crippen LogP contribution in [0.2, 0.25) is 0 Å². The van der Waals surface area contributed by atoms with E-state index in [2.05, 4.69) is 40.3 Å². The molecular formula is C23H20N2O. The van der Waals surface area contributed by atoms with E-state index in [1.54, 1.807) is 6.33 Å². The Balaban J connectivity index is 1.52. The van der Waals surface area contributed by atoms with E-state index in [1.807, 2.05) is 18.2 Å². The van der Waals surface area contributed by atoms with Gasteiger partial charge < -0.3 is 4.42 Å². The maximum absolute atomic E-state index is 6.29. The minimum absolute atomic E-state index is 0.714. The minimum Gasteiger partial charge on any atom is -0.452 e. The van der Waals surface area contributed by atoms with Crippen molar-refractivity contribution in [3.8, 4) is 11.3 Å². The summed E-state index contributed by atoms with van der Waals surface area (Å²) in [6.45, 7) is 0. The summed E-state index contributed by atoms with van der Waals surface area (Å²) >= 11 is 0. The number of hydrogen-bond donors (Lipinski definition) is 0. The molecule has 3 unspecified atom stereocenters. The van der Waals surface area contributed by atoms with Gasteiger partial charge in [-0.25, -0.2) is 9.97 Å². The second kappa shape index (κ2) is 5.41. The molecule has 2 fully saturated rings. The number of benzene rings is 2. The van der Waals surface area contributed by atoms with E-state index in [9.17, 15) is 0 Å². The van der Waals surface area contributed by atoms with Gasteiger partial charge in [-0.2, -0.15) is 0 Å². The first kappa shape index (κ1) is 14.5. The molecule has 3 heteroatoms. The Morgan fingerprint density at radius 3 is 2.65 bits per heavy atom. The number of fused-ring (bicyclic) bond motifs is 5. The fraction of sp³-hybridized carbons (Fsp3) is 0.304. The van der Waals surface area contributed by atoms with Gasteiger partial charge in [-0.15, -0.1) is 0 Å². The Kier molecular flexibility index (Phi) is 3.01. The van der Waals surface area contributed by atoms with Crippen LogP contribution in [-0.4, -0.2) is 9.97 Å². The monoisotopic (exact) mass is 340 g/mol. The number of rotatable bonds is 2. The average Bonchev–Trinajstić information content (AvgIpc) is 3.41. The van der Waals surface area contributed by atoms with E-state index in [1.165, 1.54) is 31.2 Å². The Bertz CT molecular complexity index is 1120. The van der Waals surface area contributed by atoms with Crippen LogP contribution in [0.5, 0.6) is 0 Å². The molecule has 0 aliphatic heterocycles. The van der Waals surface area contributed by atoms with Crippen molar-refractivity contribution >= 4 is 22.1 Å². The molecule has 6 rings (SSSR count). The summed E-state index contributed by atoms with van der Waals surface area (Å²) in [4.78, 5) is 9.01. The normalized spacial score (nSPS) is 24.7. The van der Waals surface area contributed by atoms with Crippen LogP contribution in [0.1, 0.15) is 37.2 Å². The largest absolute Gasteiger partial charge is 0.452 e. The van der Waals surface area contributed by atoms with Crippen molar-refractivity contribution in [2.75, 3.05) is 0 Å². The van der Waals surface area contributed by atoms with Gasteiger partial charge in [0.05, 0.1) is 0 Å². The SMILES string of the molecule is c1ccc(-c2ncnc3c2oc2cc(C4CC5CCC4C5)ccc23)cc1. The highest BCUT2D eigenvalue weighted by molar-refractivity contribution is 6.06. The number of aromatic nitrogens is 2. The van der Waals surface area contributed by atoms with E-state index in [4.69, 9.17) is 4.42 Å². The quantitative estimate of drug-likeness (QED) is 0.453. The average molecular weight is 340 g/mol. The van der Waals surface area contributed by atoms with Gasteiger partial charge in [0, 0.05) is 10.9 Å². The lowest BCUT2D eigenvalue weighted by atomic mass is 9.83. The lowest BCUT2D eigenvalue weighted by Gasteiger charge is -2.21. The van der Waals surface area contributed by atoms with Crippen molar-refractivity contribution in [3.05, 3.63) is 60.4 Å². The van der Waals surface area contributed by atoms with Crippen molar-refractivity contribution in [2.45, 2.75) is 31.6 Å². The standard InChI is InChI=1S/C23H20N2O/c1-2-4-15(5-3-1)21-23-22(25-13-24-21)18-9-8-17(12-20(18)26-23)19-11-14-6-7-16(19)10-14/h1-5,8-9,12-14,16,19H,6-7,10-11H2. The van der Waals surface area contributed by atoms with Crippen molar-refractivity contribution in [1.82, 2.24) is 9.97 Å². The summed E-state index contributed by atoms with van der Waals surface area (Å²) < 4.78 is 6.29. The van der Waals surface area contributed by atoms with Crippen LogP contribution >= 0.6 is 0 Å². The molecule has 2 aromatic carbocycles. The Morgan fingerprint density at radius 2 is 1.85 bits per heavy atom. The first-order valence-corrected chi connectivity index (χ1v) is 9.59. The van der Waals surface area contributed by atoms with Crippen LogP contribution in [-0.2, 0) is 0 Å². The maximum Gasteiger partial charge on any atom is 0.180 e. The van der Waals surface area contributed by atoms with Gasteiger partial charge in [0.1, 0.15) is 23.1 Å². The molecule has 3 atom stereocenters. The number of hydrogen-bond acceptors (Lipinski definition) is 3. The zero-order valence-corrected chi connectivity index (χ0v) is 14.6. The Morgan fingerprint density at radius 1 is 0.923 bits per heavy atom.